The van der Waals surface area contributed by atoms with Crippen molar-refractivity contribution < 1.29 is 18.3 Å². The highest BCUT2D eigenvalue weighted by Gasteiger charge is 2.15. The van der Waals surface area contributed by atoms with E-state index in [0.29, 0.717) is 0 Å². The molecule has 0 aliphatic rings. The van der Waals surface area contributed by atoms with Gasteiger partial charge in [0.15, 0.2) is 0 Å². The van der Waals surface area contributed by atoms with Gasteiger partial charge in [0.2, 0.25) is 10.0 Å². The Morgan fingerprint density at radius 3 is 2.68 bits per heavy atom. The van der Waals surface area contributed by atoms with Gasteiger partial charge >= 0.3 is 5.97 Å². The lowest BCUT2D eigenvalue weighted by Crippen LogP contribution is -2.28. The zero-order valence-electron chi connectivity index (χ0n) is 10.6. The molecular formula is C10H16N4O4S. The molecule has 0 amide bonds. The number of nitrogens with one attached hydrogen (secondary N) is 1. The van der Waals surface area contributed by atoms with E-state index in [0.717, 1.165) is 4.31 Å². The van der Waals surface area contributed by atoms with Gasteiger partial charge < -0.3 is 16.2 Å². The van der Waals surface area contributed by atoms with Crippen LogP contribution in [0.15, 0.2) is 12.3 Å². The van der Waals surface area contributed by atoms with E-state index in [2.05, 4.69) is 10.3 Å². The number of hydrogen-bond acceptors (Lipinski definition) is 6. The maximum atomic E-state index is 11.5. The number of nitrogens with two attached hydrogens (primary N) is 1. The quantitative estimate of drug-likeness (QED) is 0.654. The van der Waals surface area contributed by atoms with Gasteiger partial charge in [-0.15, -0.1) is 0 Å². The van der Waals surface area contributed by atoms with Gasteiger partial charge in [-0.05, 0) is 6.07 Å². The number of carboxylic acids is 1. The number of aromatic carboxylic acids is 1. The summed E-state index contributed by atoms with van der Waals surface area (Å²) in [5.74, 6) is -1.14. The third-order valence-electron chi connectivity index (χ3n) is 2.43. The van der Waals surface area contributed by atoms with E-state index < -0.39 is 16.0 Å². The number of sulfonamides is 1. The fourth-order valence-electron chi connectivity index (χ4n) is 1.28. The summed E-state index contributed by atoms with van der Waals surface area (Å²) in [6.45, 7) is 0.0841. The van der Waals surface area contributed by atoms with Crippen LogP contribution in [-0.2, 0) is 10.0 Å². The fourth-order valence-corrected chi connectivity index (χ4v) is 2.01. The van der Waals surface area contributed by atoms with E-state index >= 15 is 0 Å². The van der Waals surface area contributed by atoms with Crippen LogP contribution in [-0.4, -0.2) is 55.2 Å². The number of hydrogen-bond donors (Lipinski definition) is 3. The van der Waals surface area contributed by atoms with Gasteiger partial charge in [0.25, 0.3) is 0 Å². The predicted octanol–water partition coefficient (Wildman–Crippen LogP) is -0.335. The molecule has 0 aliphatic heterocycles. The van der Waals surface area contributed by atoms with E-state index in [4.69, 9.17) is 10.8 Å². The van der Waals surface area contributed by atoms with Crippen LogP contribution >= 0.6 is 0 Å². The van der Waals surface area contributed by atoms with Gasteiger partial charge in [-0.2, -0.15) is 0 Å². The summed E-state index contributed by atoms with van der Waals surface area (Å²) < 4.78 is 24.2. The maximum absolute atomic E-state index is 11.5. The first-order valence-corrected chi connectivity index (χ1v) is 6.98. The molecule has 0 saturated heterocycles. The molecule has 1 aromatic rings. The van der Waals surface area contributed by atoms with E-state index in [1.807, 2.05) is 0 Å². The number of aromatic nitrogens is 1. The van der Waals surface area contributed by atoms with Crippen molar-refractivity contribution in [1.29, 1.82) is 0 Å². The number of anilines is 2. The molecule has 1 aromatic heterocycles. The molecule has 8 nitrogen and oxygen atoms in total. The molecule has 0 aliphatic carbocycles. The first kappa shape index (κ1) is 15.2. The molecule has 1 heterocycles. The van der Waals surface area contributed by atoms with Crippen molar-refractivity contribution in [3.05, 3.63) is 17.8 Å². The summed E-state index contributed by atoms with van der Waals surface area (Å²) in [5.41, 5.74) is 5.54. The molecule has 0 fully saturated rings. The van der Waals surface area contributed by atoms with Gasteiger partial charge in [0.1, 0.15) is 5.82 Å². The van der Waals surface area contributed by atoms with Gasteiger partial charge in [0, 0.05) is 26.8 Å². The van der Waals surface area contributed by atoms with Crippen LogP contribution in [0.4, 0.5) is 11.5 Å². The highest BCUT2D eigenvalue weighted by atomic mass is 32.2. The molecule has 0 atom stereocenters. The minimum atomic E-state index is -3.32. The first-order valence-electron chi connectivity index (χ1n) is 5.37. The van der Waals surface area contributed by atoms with Crippen molar-refractivity contribution in [2.24, 2.45) is 0 Å². The molecule has 0 bridgehead atoms. The molecule has 9 heteroatoms. The van der Waals surface area contributed by atoms with Crippen molar-refractivity contribution in [3.8, 4) is 0 Å². The van der Waals surface area contributed by atoms with Gasteiger partial charge in [-0.3, -0.25) is 0 Å². The van der Waals surface area contributed by atoms with Crippen molar-refractivity contribution in [2.75, 3.05) is 37.4 Å². The molecule has 106 valence electrons. The molecule has 0 unspecified atom stereocenters. The number of nitrogens with zero attached hydrogens (tertiary/aromatic N) is 2. The van der Waals surface area contributed by atoms with Crippen LogP contribution in [0.3, 0.4) is 0 Å². The molecule has 0 saturated carbocycles. The van der Waals surface area contributed by atoms with Crippen LogP contribution < -0.4 is 11.1 Å². The van der Waals surface area contributed by atoms with Crippen molar-refractivity contribution in [3.63, 3.8) is 0 Å². The second-order valence-corrected chi connectivity index (χ2v) is 6.25. The highest BCUT2D eigenvalue weighted by Crippen LogP contribution is 2.19. The number of nitrogen functional groups attached to an aromatic ring is 1. The number of pyridine rings is 1. The molecule has 1 rings (SSSR count). The van der Waals surface area contributed by atoms with E-state index in [1.165, 1.54) is 26.4 Å². The molecule has 0 radical (unpaired) electrons. The maximum Gasteiger partial charge on any atom is 0.337 e. The Kier molecular flexibility index (Phi) is 4.67. The monoisotopic (exact) mass is 288 g/mol. The van der Waals surface area contributed by atoms with Crippen LogP contribution in [0.1, 0.15) is 10.4 Å². The standard InChI is InChI=1S/C10H16N4O4S/c1-14(2)19(17,18)6-5-13-9-8(11)7(10(15)16)3-4-12-9/h3-4H,5-6,11H2,1-2H3,(H,12,13)(H,15,16). The normalized spacial score (nSPS) is 11.5. The summed E-state index contributed by atoms with van der Waals surface area (Å²) in [6, 6.07) is 1.28. The SMILES string of the molecule is CN(C)S(=O)(=O)CCNc1nccc(C(=O)O)c1N. The van der Waals surface area contributed by atoms with Crippen LogP contribution in [0, 0.1) is 0 Å². The molecule has 4 N–H and O–H groups in total. The Morgan fingerprint density at radius 2 is 2.16 bits per heavy atom. The van der Waals surface area contributed by atoms with Crippen LogP contribution in [0.2, 0.25) is 0 Å². The van der Waals surface area contributed by atoms with Crippen molar-refractivity contribution in [1.82, 2.24) is 9.29 Å². The Bertz CT molecular complexity index is 571. The second-order valence-electron chi connectivity index (χ2n) is 3.95. The molecule has 0 aromatic carbocycles. The third-order valence-corrected chi connectivity index (χ3v) is 4.26. The Labute approximate surface area is 111 Å². The fraction of sp³-hybridized carbons (Fsp3) is 0.400. The Balaban J connectivity index is 2.75. The largest absolute Gasteiger partial charge is 0.478 e. The highest BCUT2D eigenvalue weighted by molar-refractivity contribution is 7.89. The van der Waals surface area contributed by atoms with Gasteiger partial charge in [0.05, 0.1) is 17.0 Å². The van der Waals surface area contributed by atoms with Crippen LogP contribution in [0.5, 0.6) is 0 Å². The number of carboxylic acid groups (broad SMARTS) is 1. The Hall–Kier alpha value is -1.87. The minimum Gasteiger partial charge on any atom is -0.478 e. The Morgan fingerprint density at radius 1 is 1.53 bits per heavy atom. The lowest BCUT2D eigenvalue weighted by molar-refractivity contribution is 0.0698. The topological polar surface area (TPSA) is 126 Å². The number of rotatable bonds is 6. The summed E-state index contributed by atoms with van der Waals surface area (Å²) >= 11 is 0. The zero-order valence-corrected chi connectivity index (χ0v) is 11.4. The summed E-state index contributed by atoms with van der Waals surface area (Å²) in [7, 11) is -0.447. The smallest absolute Gasteiger partial charge is 0.337 e. The van der Waals surface area contributed by atoms with E-state index in [-0.39, 0.29) is 29.4 Å². The second kappa shape index (κ2) is 5.85. The van der Waals surface area contributed by atoms with Crippen molar-refractivity contribution >= 4 is 27.5 Å². The third kappa shape index (κ3) is 3.80. The lowest BCUT2D eigenvalue weighted by Gasteiger charge is -2.13. The molecule has 0 spiro atoms. The van der Waals surface area contributed by atoms with Gasteiger partial charge in [-0.25, -0.2) is 22.5 Å². The molecule has 19 heavy (non-hydrogen) atoms. The first-order chi connectivity index (χ1) is 8.75. The van der Waals surface area contributed by atoms with E-state index in [9.17, 15) is 13.2 Å². The summed E-state index contributed by atoms with van der Waals surface area (Å²) in [4.78, 5) is 14.7. The minimum absolute atomic E-state index is 0.0164. The van der Waals surface area contributed by atoms with E-state index in [1.54, 1.807) is 0 Å². The van der Waals surface area contributed by atoms with Gasteiger partial charge in [-0.1, -0.05) is 0 Å². The zero-order chi connectivity index (χ0) is 14.6. The number of carbonyl (C=O) groups is 1. The molecular weight excluding hydrogens is 272 g/mol. The van der Waals surface area contributed by atoms with Crippen LogP contribution in [0.25, 0.3) is 0 Å². The summed E-state index contributed by atoms with van der Waals surface area (Å²) in [6.07, 6.45) is 1.29. The predicted molar refractivity (Wildman–Crippen MR) is 71.6 cm³/mol. The lowest BCUT2D eigenvalue weighted by atomic mass is 10.2. The average Bonchev–Trinajstić information content (AvgIpc) is 2.30. The van der Waals surface area contributed by atoms with Crippen molar-refractivity contribution in [2.45, 2.75) is 0 Å². The summed E-state index contributed by atoms with van der Waals surface area (Å²) in [5, 5.41) is 11.6. The average molecular weight is 288 g/mol.